The van der Waals surface area contributed by atoms with Gasteiger partial charge in [-0.15, -0.1) is 0 Å². The Balaban J connectivity index is 1.46. The highest BCUT2D eigenvalue weighted by atomic mass is 16.5. The van der Waals surface area contributed by atoms with Crippen LogP contribution in [0.2, 0.25) is 0 Å². The Morgan fingerprint density at radius 2 is 1.76 bits per heavy atom. The minimum Gasteiger partial charge on any atom is -0.493 e. The normalized spacial score (nSPS) is 14.4. The molecular weight excluding hydrogens is 368 g/mol. The van der Waals surface area contributed by atoms with Crippen molar-refractivity contribution in [2.24, 2.45) is 0 Å². The molecule has 1 heterocycles. The maximum atomic E-state index is 12.3. The van der Waals surface area contributed by atoms with E-state index in [0.29, 0.717) is 30.9 Å². The van der Waals surface area contributed by atoms with Crippen LogP contribution in [0.3, 0.4) is 0 Å². The van der Waals surface area contributed by atoms with Gasteiger partial charge in [0.25, 0.3) is 0 Å². The molecular formula is C23H30N2O4. The molecule has 6 heteroatoms. The molecule has 2 aromatic carbocycles. The zero-order chi connectivity index (χ0) is 20.5. The van der Waals surface area contributed by atoms with Gasteiger partial charge in [-0.2, -0.15) is 0 Å². The first-order chi connectivity index (χ1) is 14.2. The van der Waals surface area contributed by atoms with Gasteiger partial charge in [0.05, 0.1) is 27.4 Å². The second-order valence-electron chi connectivity index (χ2n) is 7.17. The number of methoxy groups -OCH3 is 2. The zero-order valence-corrected chi connectivity index (χ0v) is 17.3. The molecule has 1 aliphatic heterocycles. The van der Waals surface area contributed by atoms with Crippen LogP contribution in [-0.2, 0) is 29.0 Å². The summed E-state index contributed by atoms with van der Waals surface area (Å²) in [5.41, 5.74) is 3.43. The first kappa shape index (κ1) is 21.1. The highest BCUT2D eigenvalue weighted by molar-refractivity contribution is 5.76. The van der Waals surface area contributed by atoms with Gasteiger partial charge in [0.15, 0.2) is 11.5 Å². The highest BCUT2D eigenvalue weighted by Crippen LogP contribution is 2.27. The average Bonchev–Trinajstić information content (AvgIpc) is 2.77. The van der Waals surface area contributed by atoms with Gasteiger partial charge in [0.2, 0.25) is 5.91 Å². The number of aryl methyl sites for hydroxylation is 1. The second-order valence-corrected chi connectivity index (χ2v) is 7.17. The van der Waals surface area contributed by atoms with E-state index < -0.39 is 0 Å². The molecule has 0 aromatic heterocycles. The molecule has 1 fully saturated rings. The maximum absolute atomic E-state index is 12.3. The average molecular weight is 399 g/mol. The summed E-state index contributed by atoms with van der Waals surface area (Å²) >= 11 is 0. The summed E-state index contributed by atoms with van der Waals surface area (Å²) in [4.78, 5) is 14.7. The van der Waals surface area contributed by atoms with Crippen LogP contribution >= 0.6 is 0 Å². The number of benzene rings is 2. The van der Waals surface area contributed by atoms with E-state index in [4.69, 9.17) is 14.2 Å². The Hall–Kier alpha value is -2.57. The van der Waals surface area contributed by atoms with Crippen LogP contribution in [0.25, 0.3) is 0 Å². The quantitative estimate of drug-likeness (QED) is 0.704. The fourth-order valence-corrected chi connectivity index (χ4v) is 3.44. The number of amides is 1. The lowest BCUT2D eigenvalue weighted by Gasteiger charge is -2.26. The fourth-order valence-electron chi connectivity index (χ4n) is 3.44. The molecule has 0 radical (unpaired) electrons. The minimum absolute atomic E-state index is 0.0402. The molecule has 1 N–H and O–H groups in total. The van der Waals surface area contributed by atoms with Crippen LogP contribution in [0.1, 0.15) is 23.1 Å². The van der Waals surface area contributed by atoms with Gasteiger partial charge >= 0.3 is 0 Å². The number of nitrogens with zero attached hydrogens (tertiary/aromatic N) is 1. The summed E-state index contributed by atoms with van der Waals surface area (Å²) in [6.45, 7) is 5.01. The third kappa shape index (κ3) is 6.48. The van der Waals surface area contributed by atoms with Crippen LogP contribution in [0.5, 0.6) is 11.5 Å². The monoisotopic (exact) mass is 398 g/mol. The van der Waals surface area contributed by atoms with Gasteiger partial charge in [-0.05, 0) is 35.2 Å². The van der Waals surface area contributed by atoms with Crippen LogP contribution in [-0.4, -0.2) is 51.3 Å². The van der Waals surface area contributed by atoms with E-state index in [0.717, 1.165) is 44.0 Å². The number of hydrogen-bond acceptors (Lipinski definition) is 5. The zero-order valence-electron chi connectivity index (χ0n) is 17.3. The Bertz CT molecular complexity index is 803. The van der Waals surface area contributed by atoms with E-state index >= 15 is 0 Å². The van der Waals surface area contributed by atoms with Crippen LogP contribution in [0.15, 0.2) is 42.5 Å². The smallest absolute Gasteiger partial charge is 0.220 e. The van der Waals surface area contributed by atoms with Gasteiger partial charge in [0, 0.05) is 32.6 Å². The lowest BCUT2D eigenvalue weighted by Crippen LogP contribution is -2.35. The van der Waals surface area contributed by atoms with Gasteiger partial charge in [-0.25, -0.2) is 0 Å². The predicted molar refractivity (Wildman–Crippen MR) is 112 cm³/mol. The molecule has 0 spiro atoms. The summed E-state index contributed by atoms with van der Waals surface area (Å²) < 4.78 is 16.0. The van der Waals surface area contributed by atoms with Crippen molar-refractivity contribution in [3.63, 3.8) is 0 Å². The summed E-state index contributed by atoms with van der Waals surface area (Å²) in [6, 6.07) is 14.2. The second kappa shape index (κ2) is 10.8. The first-order valence-electron chi connectivity index (χ1n) is 10.0. The third-order valence-corrected chi connectivity index (χ3v) is 5.08. The van der Waals surface area contributed by atoms with Gasteiger partial charge in [-0.1, -0.05) is 30.3 Å². The van der Waals surface area contributed by atoms with Gasteiger partial charge in [0.1, 0.15) is 0 Å². The Morgan fingerprint density at radius 1 is 1.00 bits per heavy atom. The van der Waals surface area contributed by atoms with E-state index in [1.807, 2.05) is 18.2 Å². The van der Waals surface area contributed by atoms with Crippen molar-refractivity contribution < 1.29 is 19.0 Å². The molecule has 0 atom stereocenters. The number of carbonyl (C=O) groups excluding carboxylic acids is 1. The molecule has 1 saturated heterocycles. The van der Waals surface area contributed by atoms with E-state index in [1.165, 1.54) is 5.56 Å². The first-order valence-corrected chi connectivity index (χ1v) is 10.0. The standard InChI is InChI=1S/C23H30N2O4/c1-27-21-8-6-18(15-22(21)28-2)7-9-23(26)24-16-19-4-3-5-20(14-19)17-25-10-12-29-13-11-25/h3-6,8,14-15H,7,9-13,16-17H2,1-2H3,(H,24,26). The molecule has 0 unspecified atom stereocenters. The number of ether oxygens (including phenoxy) is 3. The minimum atomic E-state index is 0.0402. The summed E-state index contributed by atoms with van der Waals surface area (Å²) in [7, 11) is 3.22. The van der Waals surface area contributed by atoms with Crippen LogP contribution < -0.4 is 14.8 Å². The number of carbonyl (C=O) groups is 1. The molecule has 156 valence electrons. The van der Waals surface area contributed by atoms with Crippen molar-refractivity contribution in [1.29, 1.82) is 0 Å². The molecule has 2 aromatic rings. The Morgan fingerprint density at radius 3 is 2.52 bits per heavy atom. The summed E-state index contributed by atoms with van der Waals surface area (Å²) in [5.74, 6) is 1.42. The number of nitrogens with one attached hydrogen (secondary N) is 1. The van der Waals surface area contributed by atoms with Crippen molar-refractivity contribution in [3.05, 3.63) is 59.2 Å². The Labute approximate surface area is 172 Å². The number of hydrogen-bond donors (Lipinski definition) is 1. The molecule has 0 saturated carbocycles. The summed E-state index contributed by atoms with van der Waals surface area (Å²) in [6.07, 6.45) is 1.09. The van der Waals surface area contributed by atoms with Crippen LogP contribution in [0, 0.1) is 0 Å². The number of morpholine rings is 1. The topological polar surface area (TPSA) is 60.0 Å². The Kier molecular flexibility index (Phi) is 7.90. The molecule has 0 aliphatic carbocycles. The predicted octanol–water partition coefficient (Wildman–Crippen LogP) is 2.79. The highest BCUT2D eigenvalue weighted by Gasteiger charge is 2.11. The SMILES string of the molecule is COc1ccc(CCC(=O)NCc2cccc(CN3CCOCC3)c2)cc1OC. The maximum Gasteiger partial charge on any atom is 0.220 e. The van der Waals surface area contributed by atoms with E-state index in [1.54, 1.807) is 14.2 Å². The largest absolute Gasteiger partial charge is 0.493 e. The third-order valence-electron chi connectivity index (χ3n) is 5.08. The molecule has 3 rings (SSSR count). The van der Waals surface area contributed by atoms with Crippen molar-refractivity contribution in [2.75, 3.05) is 40.5 Å². The van der Waals surface area contributed by atoms with Crippen molar-refractivity contribution >= 4 is 5.91 Å². The summed E-state index contributed by atoms with van der Waals surface area (Å²) in [5, 5.41) is 3.02. The van der Waals surface area contributed by atoms with Crippen molar-refractivity contribution in [2.45, 2.75) is 25.9 Å². The lowest BCUT2D eigenvalue weighted by atomic mass is 10.1. The molecule has 6 nitrogen and oxygen atoms in total. The van der Waals surface area contributed by atoms with E-state index in [2.05, 4.69) is 34.5 Å². The van der Waals surface area contributed by atoms with Gasteiger partial charge < -0.3 is 19.5 Å². The lowest BCUT2D eigenvalue weighted by molar-refractivity contribution is -0.121. The van der Waals surface area contributed by atoms with E-state index in [9.17, 15) is 4.79 Å². The van der Waals surface area contributed by atoms with Crippen LogP contribution in [0.4, 0.5) is 0 Å². The molecule has 1 aliphatic rings. The molecule has 0 bridgehead atoms. The van der Waals surface area contributed by atoms with E-state index in [-0.39, 0.29) is 5.91 Å². The fraction of sp³-hybridized carbons (Fsp3) is 0.435. The van der Waals surface area contributed by atoms with Gasteiger partial charge in [-0.3, -0.25) is 9.69 Å². The number of rotatable bonds is 9. The molecule has 1 amide bonds. The van der Waals surface area contributed by atoms with Crippen molar-refractivity contribution in [3.8, 4) is 11.5 Å². The van der Waals surface area contributed by atoms with Crippen molar-refractivity contribution in [1.82, 2.24) is 10.2 Å². The molecule has 29 heavy (non-hydrogen) atoms.